The van der Waals surface area contributed by atoms with Gasteiger partial charge in [0.1, 0.15) is 0 Å². The fraction of sp³-hybridized carbons (Fsp3) is 0.105. The zero-order valence-corrected chi connectivity index (χ0v) is 14.2. The van der Waals surface area contributed by atoms with Crippen molar-refractivity contribution in [2.24, 2.45) is 0 Å². The van der Waals surface area contributed by atoms with Crippen LogP contribution in [-0.4, -0.2) is 30.8 Å². The van der Waals surface area contributed by atoms with Crippen LogP contribution >= 0.6 is 0 Å². The zero-order chi connectivity index (χ0) is 19.1. The summed E-state index contributed by atoms with van der Waals surface area (Å²) < 4.78 is 10.0. The Hall–Kier alpha value is -3.81. The molecule has 3 N–H and O–H groups in total. The maximum atomic E-state index is 12.4. The Balaban J connectivity index is 1.54. The van der Waals surface area contributed by atoms with Crippen LogP contribution in [-0.2, 0) is 0 Å². The van der Waals surface area contributed by atoms with E-state index in [9.17, 15) is 14.4 Å². The lowest BCUT2D eigenvalue weighted by atomic mass is 10.1. The lowest BCUT2D eigenvalue weighted by molar-refractivity contribution is 0.0910. The minimum atomic E-state index is -0.453. The molecule has 0 bridgehead atoms. The topological polar surface area (TPSA) is 114 Å². The van der Waals surface area contributed by atoms with E-state index in [2.05, 4.69) is 16.0 Å². The molecule has 2 aromatic heterocycles. The second-order valence-electron chi connectivity index (χ2n) is 5.47. The van der Waals surface area contributed by atoms with Crippen LogP contribution in [0.4, 0.5) is 5.69 Å². The molecule has 0 aliphatic carbocycles. The van der Waals surface area contributed by atoms with E-state index < -0.39 is 5.91 Å². The molecule has 8 nitrogen and oxygen atoms in total. The first-order chi connectivity index (χ1) is 13.1. The Morgan fingerprint density at radius 3 is 1.93 bits per heavy atom. The van der Waals surface area contributed by atoms with Crippen LogP contribution in [0, 0.1) is 0 Å². The molecule has 0 saturated heterocycles. The van der Waals surface area contributed by atoms with E-state index in [1.165, 1.54) is 18.6 Å². The van der Waals surface area contributed by atoms with E-state index in [1.807, 2.05) is 0 Å². The molecule has 3 aromatic rings. The first-order valence-electron chi connectivity index (χ1n) is 8.19. The van der Waals surface area contributed by atoms with Crippen LogP contribution in [0.2, 0.25) is 0 Å². The lowest BCUT2D eigenvalue weighted by Gasteiger charge is -2.11. The minimum absolute atomic E-state index is 0.144. The van der Waals surface area contributed by atoms with Crippen molar-refractivity contribution in [1.29, 1.82) is 0 Å². The third kappa shape index (κ3) is 4.63. The summed E-state index contributed by atoms with van der Waals surface area (Å²) in [5.74, 6) is -0.845. The van der Waals surface area contributed by atoms with Crippen LogP contribution in [0.3, 0.4) is 0 Å². The van der Waals surface area contributed by atoms with Crippen LogP contribution in [0.25, 0.3) is 0 Å². The number of carbonyl (C=O) groups excluding carboxylic acids is 3. The van der Waals surface area contributed by atoms with Crippen LogP contribution in [0.5, 0.6) is 0 Å². The monoisotopic (exact) mass is 367 g/mol. The number of amides is 3. The van der Waals surface area contributed by atoms with Gasteiger partial charge < -0.3 is 24.8 Å². The van der Waals surface area contributed by atoms with Gasteiger partial charge in [-0.3, -0.25) is 14.4 Å². The summed E-state index contributed by atoms with van der Waals surface area (Å²) in [5.41, 5.74) is 0.658. The van der Waals surface area contributed by atoms with Gasteiger partial charge in [-0.15, -0.1) is 0 Å². The minimum Gasteiger partial charge on any atom is -0.459 e. The molecule has 0 aliphatic rings. The molecule has 0 spiro atoms. The van der Waals surface area contributed by atoms with E-state index >= 15 is 0 Å². The third-order valence-corrected chi connectivity index (χ3v) is 3.61. The SMILES string of the molecule is O=C(NCCNC(=O)c1ccccc1NC(=O)c1ccco1)c1ccco1. The highest BCUT2D eigenvalue weighted by atomic mass is 16.3. The second kappa shape index (κ2) is 8.52. The van der Waals surface area contributed by atoms with Crippen LogP contribution < -0.4 is 16.0 Å². The smallest absolute Gasteiger partial charge is 0.291 e. The van der Waals surface area contributed by atoms with Crippen molar-refractivity contribution in [3.8, 4) is 0 Å². The van der Waals surface area contributed by atoms with E-state index in [4.69, 9.17) is 8.83 Å². The highest BCUT2D eigenvalue weighted by Gasteiger charge is 2.15. The summed E-state index contributed by atoms with van der Waals surface area (Å²) in [6, 6.07) is 12.9. The van der Waals surface area contributed by atoms with Gasteiger partial charge in [-0.25, -0.2) is 0 Å². The number of para-hydroxylation sites is 1. The summed E-state index contributed by atoms with van der Waals surface area (Å²) in [5, 5.41) is 7.96. The molecule has 0 fully saturated rings. The fourth-order valence-corrected chi connectivity index (χ4v) is 2.32. The number of hydrogen-bond acceptors (Lipinski definition) is 5. The first kappa shape index (κ1) is 18.0. The molecule has 0 radical (unpaired) electrons. The Kier molecular flexibility index (Phi) is 5.68. The standard InChI is InChI=1S/C19H17N3O5/c23-17(20-9-10-21-18(24)15-7-3-11-26-15)13-5-1-2-6-14(13)22-19(25)16-8-4-12-27-16/h1-8,11-12H,9-10H2,(H,20,23)(H,21,24)(H,22,25). The second-order valence-corrected chi connectivity index (χ2v) is 5.47. The predicted molar refractivity (Wildman–Crippen MR) is 96.5 cm³/mol. The summed E-state index contributed by atoms with van der Waals surface area (Å²) in [6.45, 7) is 0.442. The first-order valence-corrected chi connectivity index (χ1v) is 8.19. The van der Waals surface area contributed by atoms with Gasteiger partial charge in [-0.1, -0.05) is 12.1 Å². The van der Waals surface area contributed by atoms with Crippen molar-refractivity contribution >= 4 is 23.4 Å². The largest absolute Gasteiger partial charge is 0.459 e. The predicted octanol–water partition coefficient (Wildman–Crippen LogP) is 2.28. The van der Waals surface area contributed by atoms with Gasteiger partial charge in [0.2, 0.25) is 0 Å². The molecule has 0 aliphatic heterocycles. The number of rotatable bonds is 7. The fourth-order valence-electron chi connectivity index (χ4n) is 2.32. The maximum Gasteiger partial charge on any atom is 0.291 e. The Morgan fingerprint density at radius 2 is 1.30 bits per heavy atom. The molecule has 138 valence electrons. The number of anilines is 1. The third-order valence-electron chi connectivity index (χ3n) is 3.61. The average molecular weight is 367 g/mol. The Morgan fingerprint density at radius 1 is 0.704 bits per heavy atom. The number of benzene rings is 1. The molecule has 1 aromatic carbocycles. The van der Waals surface area contributed by atoms with E-state index in [1.54, 1.807) is 42.5 Å². The molecule has 8 heteroatoms. The number of furan rings is 2. The van der Waals surface area contributed by atoms with E-state index in [-0.39, 0.29) is 36.4 Å². The highest BCUT2D eigenvalue weighted by Crippen LogP contribution is 2.16. The number of carbonyl (C=O) groups is 3. The normalized spacial score (nSPS) is 10.2. The number of hydrogen-bond donors (Lipinski definition) is 3. The Labute approximate surface area is 154 Å². The van der Waals surface area contributed by atoms with Gasteiger partial charge in [0.05, 0.1) is 23.8 Å². The van der Waals surface area contributed by atoms with Crippen LogP contribution in [0.1, 0.15) is 31.5 Å². The van der Waals surface area contributed by atoms with Gasteiger partial charge >= 0.3 is 0 Å². The Bertz CT molecular complexity index is 917. The quantitative estimate of drug-likeness (QED) is 0.555. The van der Waals surface area contributed by atoms with Gasteiger partial charge in [-0.05, 0) is 36.4 Å². The highest BCUT2D eigenvalue weighted by molar-refractivity contribution is 6.07. The summed E-state index contributed by atoms with van der Waals surface area (Å²) in [4.78, 5) is 36.2. The van der Waals surface area contributed by atoms with Crippen molar-refractivity contribution < 1.29 is 23.2 Å². The number of nitrogens with one attached hydrogen (secondary N) is 3. The summed E-state index contributed by atoms with van der Waals surface area (Å²) >= 11 is 0. The van der Waals surface area contributed by atoms with Gasteiger partial charge in [0.25, 0.3) is 17.7 Å². The average Bonchev–Trinajstić information content (AvgIpc) is 3.39. The summed E-state index contributed by atoms with van der Waals surface area (Å²) in [7, 11) is 0. The maximum absolute atomic E-state index is 12.4. The molecule has 3 amide bonds. The molecule has 3 rings (SSSR count). The lowest BCUT2D eigenvalue weighted by Crippen LogP contribution is -2.34. The van der Waals surface area contributed by atoms with Crippen molar-refractivity contribution in [3.63, 3.8) is 0 Å². The van der Waals surface area contributed by atoms with Gasteiger partial charge in [-0.2, -0.15) is 0 Å². The van der Waals surface area contributed by atoms with Crippen molar-refractivity contribution in [2.75, 3.05) is 18.4 Å². The summed E-state index contributed by atoms with van der Waals surface area (Å²) in [6.07, 6.45) is 2.80. The molecule has 2 heterocycles. The van der Waals surface area contributed by atoms with Crippen molar-refractivity contribution in [3.05, 3.63) is 78.1 Å². The molecule has 0 saturated carbocycles. The van der Waals surface area contributed by atoms with E-state index in [0.717, 1.165) is 0 Å². The molecule has 27 heavy (non-hydrogen) atoms. The van der Waals surface area contributed by atoms with Crippen molar-refractivity contribution in [1.82, 2.24) is 10.6 Å². The van der Waals surface area contributed by atoms with E-state index in [0.29, 0.717) is 11.3 Å². The molecule has 0 unspecified atom stereocenters. The molecular formula is C19H17N3O5. The molecular weight excluding hydrogens is 350 g/mol. The zero-order valence-electron chi connectivity index (χ0n) is 14.2. The van der Waals surface area contributed by atoms with Crippen molar-refractivity contribution in [2.45, 2.75) is 0 Å². The molecule has 0 atom stereocenters. The van der Waals surface area contributed by atoms with Gasteiger partial charge in [0, 0.05) is 13.1 Å². The van der Waals surface area contributed by atoms with Crippen LogP contribution in [0.15, 0.2) is 69.9 Å². The van der Waals surface area contributed by atoms with Gasteiger partial charge in [0.15, 0.2) is 11.5 Å².